The fourth-order valence-corrected chi connectivity index (χ4v) is 1.91. The minimum Gasteiger partial charge on any atom is -0.297 e. The molecule has 2 aromatic rings. The Kier molecular flexibility index (Phi) is 3.80. The van der Waals surface area contributed by atoms with Crippen LogP contribution in [0.15, 0.2) is 24.3 Å². The number of aromatic nitrogens is 3. The van der Waals surface area contributed by atoms with Crippen molar-refractivity contribution in [1.82, 2.24) is 14.8 Å². The molecule has 1 aromatic heterocycles. The summed E-state index contributed by atoms with van der Waals surface area (Å²) in [6.45, 7) is 2.26. The van der Waals surface area contributed by atoms with Crippen LogP contribution < -0.4 is 0 Å². The molecule has 0 saturated carbocycles. The summed E-state index contributed by atoms with van der Waals surface area (Å²) in [6.07, 6.45) is -3.67. The first kappa shape index (κ1) is 13.9. The molecular weight excluding hydrogens is 279 g/mol. The Labute approximate surface area is 113 Å². The van der Waals surface area contributed by atoms with Gasteiger partial charge >= 0.3 is 6.18 Å². The highest BCUT2D eigenvalue weighted by molar-refractivity contribution is 6.28. The lowest BCUT2D eigenvalue weighted by molar-refractivity contribution is -0.137. The van der Waals surface area contributed by atoms with Gasteiger partial charge in [-0.05, 0) is 29.3 Å². The van der Waals surface area contributed by atoms with Crippen LogP contribution in [0.3, 0.4) is 0 Å². The summed E-state index contributed by atoms with van der Waals surface area (Å²) in [5.74, 6) is 0.699. The first-order valence-corrected chi connectivity index (χ1v) is 6.03. The molecule has 19 heavy (non-hydrogen) atoms. The molecule has 2 rings (SSSR count). The summed E-state index contributed by atoms with van der Waals surface area (Å²) in [5.41, 5.74) is 0.0474. The van der Waals surface area contributed by atoms with Gasteiger partial charge in [-0.1, -0.05) is 19.1 Å². The Morgan fingerprint density at radius 3 is 2.32 bits per heavy atom. The van der Waals surface area contributed by atoms with E-state index in [0.717, 1.165) is 12.1 Å². The second-order valence-corrected chi connectivity index (χ2v) is 4.36. The van der Waals surface area contributed by atoms with Crippen LogP contribution in [0.25, 0.3) is 0 Å². The number of hydrogen-bond donors (Lipinski definition) is 0. The van der Waals surface area contributed by atoms with Gasteiger partial charge in [0.15, 0.2) is 0 Å². The minimum absolute atomic E-state index is 0.233. The van der Waals surface area contributed by atoms with E-state index >= 15 is 0 Å². The highest BCUT2D eigenvalue weighted by Crippen LogP contribution is 2.29. The topological polar surface area (TPSA) is 30.7 Å². The van der Waals surface area contributed by atoms with Crippen molar-refractivity contribution >= 4 is 11.6 Å². The van der Waals surface area contributed by atoms with Crippen molar-refractivity contribution in [3.05, 3.63) is 46.5 Å². The fraction of sp³-hybridized carbons (Fsp3) is 0.333. The third kappa shape index (κ3) is 3.07. The average molecular weight is 290 g/mol. The number of nitrogens with zero attached hydrogens (tertiary/aromatic N) is 3. The summed E-state index contributed by atoms with van der Waals surface area (Å²) >= 11 is 5.89. The molecule has 0 spiro atoms. The van der Waals surface area contributed by atoms with Crippen molar-refractivity contribution in [3.63, 3.8) is 0 Å². The van der Waals surface area contributed by atoms with E-state index < -0.39 is 11.7 Å². The van der Waals surface area contributed by atoms with Gasteiger partial charge < -0.3 is 0 Å². The summed E-state index contributed by atoms with van der Waals surface area (Å²) in [5, 5.41) is 7.86. The van der Waals surface area contributed by atoms with Gasteiger partial charge in [0.2, 0.25) is 5.28 Å². The Balaban J connectivity index is 2.22. The first-order chi connectivity index (χ1) is 8.91. The van der Waals surface area contributed by atoms with Crippen LogP contribution in [0.1, 0.15) is 23.9 Å². The van der Waals surface area contributed by atoms with Crippen LogP contribution >= 0.6 is 11.6 Å². The molecule has 0 atom stereocenters. The highest BCUT2D eigenvalue weighted by atomic mass is 35.5. The van der Waals surface area contributed by atoms with Crippen molar-refractivity contribution in [2.24, 2.45) is 0 Å². The fourth-order valence-electron chi connectivity index (χ4n) is 1.71. The Bertz CT molecular complexity index is 561. The minimum atomic E-state index is -4.32. The zero-order valence-electron chi connectivity index (χ0n) is 10.1. The van der Waals surface area contributed by atoms with Gasteiger partial charge in [0.05, 0.1) is 12.1 Å². The number of benzene rings is 1. The predicted molar refractivity (Wildman–Crippen MR) is 65.0 cm³/mol. The largest absolute Gasteiger partial charge is 0.416 e. The molecule has 0 radical (unpaired) electrons. The van der Waals surface area contributed by atoms with E-state index in [-0.39, 0.29) is 5.28 Å². The van der Waals surface area contributed by atoms with E-state index in [0.29, 0.717) is 24.4 Å². The second-order valence-electron chi connectivity index (χ2n) is 4.02. The van der Waals surface area contributed by atoms with Crippen LogP contribution in [0.4, 0.5) is 13.2 Å². The van der Waals surface area contributed by atoms with Crippen LogP contribution in [0, 0.1) is 0 Å². The maximum atomic E-state index is 12.4. The number of aryl methyl sites for hydroxylation is 1. The van der Waals surface area contributed by atoms with Crippen LogP contribution in [0.5, 0.6) is 0 Å². The number of alkyl halides is 3. The molecule has 0 bridgehead atoms. The van der Waals surface area contributed by atoms with E-state index in [4.69, 9.17) is 11.6 Å². The van der Waals surface area contributed by atoms with E-state index in [1.165, 1.54) is 12.1 Å². The van der Waals surface area contributed by atoms with Gasteiger partial charge in [-0.2, -0.15) is 13.2 Å². The van der Waals surface area contributed by atoms with Crippen molar-refractivity contribution in [1.29, 1.82) is 0 Å². The number of halogens is 4. The number of rotatable bonds is 3. The lowest BCUT2D eigenvalue weighted by Crippen LogP contribution is -2.07. The van der Waals surface area contributed by atoms with Crippen LogP contribution in [-0.2, 0) is 19.1 Å². The third-order valence-electron chi connectivity index (χ3n) is 2.72. The molecule has 0 unspecified atom stereocenters. The molecule has 0 aliphatic carbocycles. The molecule has 0 N–H and O–H groups in total. The molecule has 0 fully saturated rings. The van der Waals surface area contributed by atoms with E-state index in [9.17, 15) is 13.2 Å². The zero-order chi connectivity index (χ0) is 14.0. The molecule has 1 aromatic carbocycles. The average Bonchev–Trinajstić information content (AvgIpc) is 2.70. The third-order valence-corrected chi connectivity index (χ3v) is 3.00. The molecule has 7 heteroatoms. The van der Waals surface area contributed by atoms with Gasteiger partial charge in [-0.3, -0.25) is 4.57 Å². The summed E-state index contributed by atoms with van der Waals surface area (Å²) in [6, 6.07) is 4.97. The van der Waals surface area contributed by atoms with E-state index in [1.807, 2.05) is 6.92 Å². The maximum Gasteiger partial charge on any atom is 0.416 e. The van der Waals surface area contributed by atoms with Crippen molar-refractivity contribution < 1.29 is 13.2 Å². The lowest BCUT2D eigenvalue weighted by Gasteiger charge is -2.09. The Hall–Kier alpha value is -1.56. The summed E-state index contributed by atoms with van der Waals surface area (Å²) < 4.78 is 39.0. The molecule has 0 amide bonds. The smallest absolute Gasteiger partial charge is 0.297 e. The summed E-state index contributed by atoms with van der Waals surface area (Å²) in [4.78, 5) is 0. The Morgan fingerprint density at radius 1 is 1.16 bits per heavy atom. The zero-order valence-corrected chi connectivity index (χ0v) is 10.8. The van der Waals surface area contributed by atoms with Gasteiger partial charge in [-0.15, -0.1) is 10.2 Å². The molecular formula is C12H11ClF3N3. The standard InChI is InChI=1S/C12H11ClF3N3/c1-2-10-17-18-11(13)19(10)7-8-3-5-9(6-4-8)12(14,15)16/h3-6H,2,7H2,1H3. The highest BCUT2D eigenvalue weighted by Gasteiger charge is 2.29. The molecule has 0 saturated heterocycles. The second kappa shape index (κ2) is 5.21. The van der Waals surface area contributed by atoms with Crippen molar-refractivity contribution in [2.45, 2.75) is 26.1 Å². The first-order valence-electron chi connectivity index (χ1n) is 5.65. The molecule has 0 aliphatic rings. The molecule has 3 nitrogen and oxygen atoms in total. The normalized spacial score (nSPS) is 11.8. The van der Waals surface area contributed by atoms with Gasteiger partial charge in [0, 0.05) is 6.42 Å². The molecule has 102 valence electrons. The van der Waals surface area contributed by atoms with Gasteiger partial charge in [0.1, 0.15) is 5.82 Å². The molecule has 0 aliphatic heterocycles. The van der Waals surface area contributed by atoms with E-state index in [1.54, 1.807) is 4.57 Å². The van der Waals surface area contributed by atoms with Gasteiger partial charge in [0.25, 0.3) is 0 Å². The van der Waals surface area contributed by atoms with Crippen molar-refractivity contribution in [3.8, 4) is 0 Å². The Morgan fingerprint density at radius 2 is 1.79 bits per heavy atom. The van der Waals surface area contributed by atoms with Crippen molar-refractivity contribution in [2.75, 3.05) is 0 Å². The number of hydrogen-bond acceptors (Lipinski definition) is 2. The van der Waals surface area contributed by atoms with E-state index in [2.05, 4.69) is 10.2 Å². The SMILES string of the molecule is CCc1nnc(Cl)n1Cc1ccc(C(F)(F)F)cc1. The quantitative estimate of drug-likeness (QED) is 0.865. The summed E-state index contributed by atoms with van der Waals surface area (Å²) in [7, 11) is 0. The van der Waals surface area contributed by atoms with Gasteiger partial charge in [-0.25, -0.2) is 0 Å². The lowest BCUT2D eigenvalue weighted by atomic mass is 10.1. The predicted octanol–water partition coefficient (Wildman–Crippen LogP) is 3.56. The molecule has 1 heterocycles. The van der Waals surface area contributed by atoms with Crippen LogP contribution in [-0.4, -0.2) is 14.8 Å². The maximum absolute atomic E-state index is 12.4. The van der Waals surface area contributed by atoms with Crippen LogP contribution in [0.2, 0.25) is 5.28 Å². The monoisotopic (exact) mass is 289 g/mol.